The lowest BCUT2D eigenvalue weighted by molar-refractivity contribution is 0.0495. The zero-order chi connectivity index (χ0) is 13.9. The monoisotopic (exact) mass is 323 g/mol. The molecule has 0 N–H and O–H groups in total. The molecule has 108 valence electrons. The van der Waals surface area contributed by atoms with Crippen LogP contribution in [0.1, 0.15) is 18.4 Å². The molecule has 19 heavy (non-hydrogen) atoms. The predicted molar refractivity (Wildman–Crippen MR) is 77.2 cm³/mol. The Morgan fingerprint density at radius 3 is 2.95 bits per heavy atom. The summed E-state index contributed by atoms with van der Waals surface area (Å²) in [5, 5.41) is 1.79. The summed E-state index contributed by atoms with van der Waals surface area (Å²) in [5.74, 6) is 0.632. The first-order valence-corrected chi connectivity index (χ1v) is 9.07. The van der Waals surface area contributed by atoms with E-state index in [2.05, 4.69) is 0 Å². The molecule has 2 heterocycles. The maximum absolute atomic E-state index is 12.4. The van der Waals surface area contributed by atoms with Gasteiger partial charge in [0.15, 0.2) is 0 Å². The van der Waals surface area contributed by atoms with Gasteiger partial charge in [0.25, 0.3) is 10.0 Å². The molecule has 1 aromatic rings. The van der Waals surface area contributed by atoms with Crippen LogP contribution in [0.15, 0.2) is 15.7 Å². The Hall–Kier alpha value is -0.140. The van der Waals surface area contributed by atoms with Crippen LogP contribution in [0.25, 0.3) is 0 Å². The third-order valence-electron chi connectivity index (χ3n) is 3.22. The number of rotatable bonds is 5. The topological polar surface area (TPSA) is 46.6 Å². The van der Waals surface area contributed by atoms with Crippen LogP contribution in [-0.2, 0) is 20.6 Å². The summed E-state index contributed by atoms with van der Waals surface area (Å²) in [6, 6.07) is 1.65. The van der Waals surface area contributed by atoms with Gasteiger partial charge in [0, 0.05) is 26.1 Å². The molecule has 1 unspecified atom stereocenters. The molecule has 1 atom stereocenters. The number of thiophene rings is 1. The van der Waals surface area contributed by atoms with Crippen LogP contribution in [0, 0.1) is 5.92 Å². The van der Waals surface area contributed by atoms with E-state index in [4.69, 9.17) is 16.3 Å². The van der Waals surface area contributed by atoms with Gasteiger partial charge in [-0.2, -0.15) is 4.31 Å². The van der Waals surface area contributed by atoms with Crippen LogP contribution in [0.2, 0.25) is 0 Å². The molecule has 0 aromatic carbocycles. The highest BCUT2D eigenvalue weighted by Crippen LogP contribution is 2.25. The van der Waals surface area contributed by atoms with E-state index in [9.17, 15) is 8.42 Å². The van der Waals surface area contributed by atoms with Crippen molar-refractivity contribution in [2.75, 3.05) is 26.8 Å². The smallest absolute Gasteiger partial charge is 0.252 e. The summed E-state index contributed by atoms with van der Waals surface area (Å²) >= 11 is 6.93. The van der Waals surface area contributed by atoms with Crippen molar-refractivity contribution in [3.05, 3.63) is 17.0 Å². The Labute approximate surface area is 123 Å². The number of alkyl halides is 1. The van der Waals surface area contributed by atoms with Gasteiger partial charge in [-0.25, -0.2) is 8.42 Å². The maximum atomic E-state index is 12.4. The molecule has 0 amide bonds. The second-order valence-corrected chi connectivity index (χ2v) is 8.23. The first-order chi connectivity index (χ1) is 9.04. The van der Waals surface area contributed by atoms with Gasteiger partial charge in [-0.3, -0.25) is 0 Å². The molecule has 0 aliphatic carbocycles. The van der Waals surface area contributed by atoms with Crippen molar-refractivity contribution in [3.8, 4) is 0 Å². The van der Waals surface area contributed by atoms with Gasteiger partial charge in [0.1, 0.15) is 4.21 Å². The molecule has 1 aliphatic heterocycles. The summed E-state index contributed by atoms with van der Waals surface area (Å²) < 4.78 is 32.0. The van der Waals surface area contributed by atoms with Gasteiger partial charge >= 0.3 is 0 Å². The molecule has 4 nitrogen and oxygen atoms in total. The fourth-order valence-corrected chi connectivity index (χ4v) is 5.04. The summed E-state index contributed by atoms with van der Waals surface area (Å²) in [6.45, 7) is 1.95. The summed E-state index contributed by atoms with van der Waals surface area (Å²) in [5.41, 5.74) is 0.847. The van der Waals surface area contributed by atoms with Crippen LogP contribution >= 0.6 is 22.9 Å². The van der Waals surface area contributed by atoms with E-state index in [1.54, 1.807) is 18.5 Å². The van der Waals surface area contributed by atoms with Gasteiger partial charge in [-0.05, 0) is 35.8 Å². The lowest BCUT2D eigenvalue weighted by Gasteiger charge is -2.26. The molecule has 1 saturated heterocycles. The van der Waals surface area contributed by atoms with Crippen molar-refractivity contribution in [2.45, 2.75) is 22.9 Å². The zero-order valence-corrected chi connectivity index (χ0v) is 13.2. The fourth-order valence-electron chi connectivity index (χ4n) is 2.13. The maximum Gasteiger partial charge on any atom is 0.252 e. The molecular formula is C12H18ClNO3S2. The minimum Gasteiger partial charge on any atom is -0.381 e. The number of sulfonamides is 1. The highest BCUT2D eigenvalue weighted by Gasteiger charge is 2.26. The number of halogens is 1. The van der Waals surface area contributed by atoms with Crippen LogP contribution in [0.3, 0.4) is 0 Å². The average molecular weight is 324 g/mol. The molecule has 1 aromatic heterocycles. The van der Waals surface area contributed by atoms with Gasteiger partial charge in [-0.15, -0.1) is 22.9 Å². The first-order valence-electron chi connectivity index (χ1n) is 6.21. The summed E-state index contributed by atoms with van der Waals surface area (Å²) in [4.78, 5) is 0. The first kappa shape index (κ1) is 15.3. The molecule has 0 spiro atoms. The number of hydrogen-bond donors (Lipinski definition) is 0. The van der Waals surface area contributed by atoms with Crippen molar-refractivity contribution in [3.63, 3.8) is 0 Å². The Morgan fingerprint density at radius 2 is 2.37 bits per heavy atom. The van der Waals surface area contributed by atoms with Crippen LogP contribution in [0.5, 0.6) is 0 Å². The molecule has 2 rings (SSSR count). The van der Waals surface area contributed by atoms with E-state index >= 15 is 0 Å². The van der Waals surface area contributed by atoms with E-state index in [1.807, 2.05) is 0 Å². The van der Waals surface area contributed by atoms with Crippen LogP contribution in [-0.4, -0.2) is 39.5 Å². The lowest BCUT2D eigenvalue weighted by Crippen LogP contribution is -2.34. The fraction of sp³-hybridized carbons (Fsp3) is 0.667. The van der Waals surface area contributed by atoms with Crippen molar-refractivity contribution < 1.29 is 13.2 Å². The molecule has 0 bridgehead atoms. The molecule has 1 aliphatic rings. The highest BCUT2D eigenvalue weighted by molar-refractivity contribution is 7.91. The second kappa shape index (κ2) is 6.54. The second-order valence-electron chi connectivity index (χ2n) is 4.78. The third-order valence-corrected chi connectivity index (χ3v) is 6.81. The molecule has 0 radical (unpaired) electrons. The quantitative estimate of drug-likeness (QED) is 0.782. The van der Waals surface area contributed by atoms with Crippen molar-refractivity contribution in [2.24, 2.45) is 5.92 Å². The molecular weight excluding hydrogens is 306 g/mol. The number of hydrogen-bond acceptors (Lipinski definition) is 4. The van der Waals surface area contributed by atoms with Gasteiger partial charge in [-0.1, -0.05) is 0 Å². The standard InChI is InChI=1S/C12H18ClNO3S2/c1-14(7-10-3-2-4-17-8-10)19(15,16)12-5-11(6-13)9-18-12/h5,9-10H,2-4,6-8H2,1H3. The van der Waals surface area contributed by atoms with Crippen molar-refractivity contribution in [1.29, 1.82) is 0 Å². The summed E-state index contributed by atoms with van der Waals surface area (Å²) in [7, 11) is -1.76. The Kier molecular flexibility index (Phi) is 5.25. The summed E-state index contributed by atoms with van der Waals surface area (Å²) in [6.07, 6.45) is 2.03. The van der Waals surface area contributed by atoms with Gasteiger partial charge < -0.3 is 4.74 Å². The minimum atomic E-state index is -3.39. The normalized spacial score (nSPS) is 20.9. The van der Waals surface area contributed by atoms with E-state index in [0.29, 0.717) is 29.2 Å². The van der Waals surface area contributed by atoms with Crippen molar-refractivity contribution >= 4 is 33.0 Å². The lowest BCUT2D eigenvalue weighted by atomic mass is 10.0. The minimum absolute atomic E-state index is 0.293. The highest BCUT2D eigenvalue weighted by atomic mass is 35.5. The van der Waals surface area contributed by atoms with E-state index in [1.165, 1.54) is 15.6 Å². The SMILES string of the molecule is CN(CC1CCCOC1)S(=O)(=O)c1cc(CCl)cs1. The number of nitrogens with zero attached hydrogens (tertiary/aromatic N) is 1. The molecule has 0 saturated carbocycles. The van der Waals surface area contributed by atoms with E-state index in [0.717, 1.165) is 25.0 Å². The Balaban J connectivity index is 2.05. The number of ether oxygens (including phenoxy) is 1. The Bertz CT molecular complexity index is 509. The molecule has 7 heteroatoms. The van der Waals surface area contributed by atoms with Gasteiger partial charge in [0.05, 0.1) is 6.61 Å². The average Bonchev–Trinajstić information content (AvgIpc) is 2.89. The van der Waals surface area contributed by atoms with Crippen LogP contribution in [0.4, 0.5) is 0 Å². The Morgan fingerprint density at radius 1 is 1.58 bits per heavy atom. The van der Waals surface area contributed by atoms with E-state index in [-0.39, 0.29) is 0 Å². The van der Waals surface area contributed by atoms with E-state index < -0.39 is 10.0 Å². The van der Waals surface area contributed by atoms with Crippen molar-refractivity contribution in [1.82, 2.24) is 4.31 Å². The largest absolute Gasteiger partial charge is 0.381 e. The van der Waals surface area contributed by atoms with Gasteiger partial charge in [0.2, 0.25) is 0 Å². The molecule has 1 fully saturated rings. The predicted octanol–water partition coefficient (Wildman–Crippen LogP) is 2.53. The zero-order valence-electron chi connectivity index (χ0n) is 10.8. The third kappa shape index (κ3) is 3.70. The van der Waals surface area contributed by atoms with Crippen LogP contribution < -0.4 is 0 Å².